The van der Waals surface area contributed by atoms with Crippen molar-refractivity contribution in [1.29, 1.82) is 0 Å². The molecule has 0 unspecified atom stereocenters. The van der Waals surface area contributed by atoms with Crippen LogP contribution in [-0.2, 0) is 29.9 Å². The van der Waals surface area contributed by atoms with Crippen LogP contribution < -0.4 is 4.90 Å². The lowest BCUT2D eigenvalue weighted by Gasteiger charge is -2.27. The summed E-state index contributed by atoms with van der Waals surface area (Å²) in [5.74, 6) is -0.719. The molecule has 2 heterocycles. The molecule has 1 amide bonds. The average molecular weight is 684 g/mol. The molecule has 34 heavy (non-hydrogen) atoms. The lowest BCUT2D eigenvalue weighted by atomic mass is 9.83. The molecule has 3 aromatic rings. The summed E-state index contributed by atoms with van der Waals surface area (Å²) in [6.07, 6.45) is 6.87. The highest BCUT2D eigenvalue weighted by Crippen LogP contribution is 2.46. The molecule has 0 fully saturated rings. The third-order valence-corrected chi connectivity index (χ3v) is 7.37. The van der Waals surface area contributed by atoms with Crippen molar-refractivity contribution in [2.45, 2.75) is 38.5 Å². The van der Waals surface area contributed by atoms with Crippen LogP contribution in [0.4, 0.5) is 5.69 Å². The summed E-state index contributed by atoms with van der Waals surface area (Å²) in [5.41, 5.74) is 1.55. The number of carbonyl (C=O) groups excluding carboxylic acids is 1. The molecule has 0 bridgehead atoms. The molecule has 2 atom stereocenters. The van der Waals surface area contributed by atoms with E-state index in [-0.39, 0.29) is 12.5 Å². The van der Waals surface area contributed by atoms with Crippen LogP contribution in [0, 0.1) is 13.1 Å². The van der Waals surface area contributed by atoms with Crippen LogP contribution in [0.2, 0.25) is 0 Å². The summed E-state index contributed by atoms with van der Waals surface area (Å²) < 4.78 is 3.81. The third kappa shape index (κ3) is 5.21. The van der Waals surface area contributed by atoms with Gasteiger partial charge >= 0.3 is 0 Å². The number of nitrogens with zero attached hydrogens (tertiary/aromatic N) is 4. The van der Waals surface area contributed by atoms with Crippen molar-refractivity contribution in [3.8, 4) is 0 Å². The normalized spacial score (nSPS) is 18.6. The summed E-state index contributed by atoms with van der Waals surface area (Å²) in [5, 5.41) is 28.9. The maximum atomic E-state index is 13.6. The molecular formula is C25H26I2N4O3. The van der Waals surface area contributed by atoms with E-state index in [4.69, 9.17) is 5.11 Å². The highest BCUT2D eigenvalue weighted by molar-refractivity contribution is 14.1. The Morgan fingerprint density at radius 2 is 1.97 bits per heavy atom. The lowest BCUT2D eigenvalue weighted by molar-refractivity contribution is -0.139. The van der Waals surface area contributed by atoms with Crippen LogP contribution in [0.15, 0.2) is 60.8 Å². The smallest absolute Gasteiger partial charge is 0.264 e. The van der Waals surface area contributed by atoms with Crippen molar-refractivity contribution < 1.29 is 15.0 Å². The number of anilines is 1. The Labute approximate surface area is 226 Å². The SMILES string of the molecule is C[C@H](/C=C/CCn1cc(CCO)nn1)[C@@]1(O)C(=O)N(Cc2cccc(I)c2)c2ccc(I)cc21. The zero-order chi connectivity index (χ0) is 24.3. The van der Waals surface area contributed by atoms with Crippen molar-refractivity contribution in [2.24, 2.45) is 5.92 Å². The first-order chi connectivity index (χ1) is 16.3. The van der Waals surface area contributed by atoms with Gasteiger partial charge < -0.3 is 15.1 Å². The average Bonchev–Trinajstić information content (AvgIpc) is 3.34. The number of hydrogen-bond acceptors (Lipinski definition) is 5. The maximum Gasteiger partial charge on any atom is 0.264 e. The zero-order valence-electron chi connectivity index (χ0n) is 18.7. The molecule has 4 rings (SSSR count). The van der Waals surface area contributed by atoms with Gasteiger partial charge in [0.15, 0.2) is 5.60 Å². The number of hydrogen-bond donors (Lipinski definition) is 2. The van der Waals surface area contributed by atoms with E-state index in [0.717, 1.165) is 24.1 Å². The van der Waals surface area contributed by atoms with Gasteiger partial charge in [-0.3, -0.25) is 9.48 Å². The summed E-state index contributed by atoms with van der Waals surface area (Å²) in [6, 6.07) is 13.8. The first-order valence-corrected chi connectivity index (χ1v) is 13.2. The molecule has 0 saturated carbocycles. The van der Waals surface area contributed by atoms with E-state index >= 15 is 0 Å². The number of aryl methyl sites for hydroxylation is 1. The molecule has 9 heteroatoms. The number of aromatic nitrogens is 3. The molecule has 0 spiro atoms. The molecule has 7 nitrogen and oxygen atoms in total. The van der Waals surface area contributed by atoms with Crippen molar-refractivity contribution in [3.05, 3.63) is 84.8 Å². The Bertz CT molecular complexity index is 1210. The van der Waals surface area contributed by atoms with Gasteiger partial charge in [-0.05, 0) is 87.5 Å². The molecular weight excluding hydrogens is 658 g/mol. The van der Waals surface area contributed by atoms with Crippen LogP contribution >= 0.6 is 45.2 Å². The van der Waals surface area contributed by atoms with Gasteiger partial charge in [-0.15, -0.1) is 5.10 Å². The Balaban J connectivity index is 1.53. The molecule has 0 saturated heterocycles. The fraction of sp³-hybridized carbons (Fsp3) is 0.320. The highest BCUT2D eigenvalue weighted by atomic mass is 127. The molecule has 1 aliphatic heterocycles. The molecule has 2 N–H and O–H groups in total. The summed E-state index contributed by atoms with van der Waals surface area (Å²) in [7, 11) is 0. The zero-order valence-corrected chi connectivity index (χ0v) is 23.0. The third-order valence-electron chi connectivity index (χ3n) is 6.02. The van der Waals surface area contributed by atoms with Crippen LogP contribution in [0.1, 0.15) is 30.2 Å². The van der Waals surface area contributed by atoms with Gasteiger partial charge in [-0.25, -0.2) is 0 Å². The van der Waals surface area contributed by atoms with E-state index in [9.17, 15) is 9.90 Å². The summed E-state index contributed by atoms with van der Waals surface area (Å²) in [4.78, 5) is 15.3. The minimum atomic E-state index is -1.63. The monoisotopic (exact) mass is 684 g/mol. The Hall–Kier alpha value is -1.83. The number of benzene rings is 2. The maximum absolute atomic E-state index is 13.6. The van der Waals surface area contributed by atoms with Crippen LogP contribution in [0.25, 0.3) is 0 Å². The number of carbonyl (C=O) groups is 1. The van der Waals surface area contributed by atoms with Gasteiger partial charge in [0.05, 0.1) is 17.9 Å². The standard InChI is InChI=1S/C25H26I2N4O3/c1-17(5-2-3-11-30-16-21(10-12-32)28-29-30)25(34)22-14-20(27)8-9-23(22)31(24(25)33)15-18-6-4-7-19(26)13-18/h2,4-9,13-14,16-17,32,34H,3,10-12,15H2,1H3/b5-2+/t17-,25+/m1/s1. The Morgan fingerprint density at radius 3 is 2.74 bits per heavy atom. The number of fused-ring (bicyclic) bond motifs is 1. The Morgan fingerprint density at radius 1 is 1.18 bits per heavy atom. The van der Waals surface area contributed by atoms with Gasteiger partial charge in [0.25, 0.3) is 5.91 Å². The first kappa shape index (κ1) is 25.3. The summed E-state index contributed by atoms with van der Waals surface area (Å²) >= 11 is 4.48. The number of aliphatic hydroxyl groups is 2. The van der Waals surface area contributed by atoms with E-state index in [2.05, 4.69) is 61.6 Å². The van der Waals surface area contributed by atoms with Crippen molar-refractivity contribution in [2.75, 3.05) is 11.5 Å². The van der Waals surface area contributed by atoms with Crippen molar-refractivity contribution in [1.82, 2.24) is 15.0 Å². The minimum absolute atomic E-state index is 0.0453. The van der Waals surface area contributed by atoms with Gasteiger partial charge in [-0.2, -0.15) is 0 Å². The number of rotatable bonds is 9. The number of halogens is 2. The highest BCUT2D eigenvalue weighted by Gasteiger charge is 2.52. The van der Waals surface area contributed by atoms with Crippen LogP contribution in [0.3, 0.4) is 0 Å². The van der Waals surface area contributed by atoms with E-state index in [1.54, 1.807) is 9.58 Å². The fourth-order valence-corrected chi connectivity index (χ4v) is 5.32. The second kappa shape index (κ2) is 10.8. The van der Waals surface area contributed by atoms with Crippen molar-refractivity contribution >= 4 is 56.8 Å². The topological polar surface area (TPSA) is 91.5 Å². The largest absolute Gasteiger partial charge is 0.396 e. The van der Waals surface area contributed by atoms with Gasteiger partial charge in [0.1, 0.15) is 0 Å². The van der Waals surface area contributed by atoms with E-state index in [1.165, 1.54) is 0 Å². The number of allylic oxidation sites excluding steroid dienone is 1. The van der Waals surface area contributed by atoms with Gasteiger partial charge in [0, 0.05) is 44.4 Å². The predicted molar refractivity (Wildman–Crippen MR) is 147 cm³/mol. The first-order valence-electron chi connectivity index (χ1n) is 11.1. The quantitative estimate of drug-likeness (QED) is 0.263. The fourth-order valence-electron chi connectivity index (χ4n) is 4.22. The molecule has 0 aliphatic carbocycles. The van der Waals surface area contributed by atoms with Crippen LogP contribution in [-0.4, -0.2) is 37.7 Å². The predicted octanol–water partition coefficient (Wildman–Crippen LogP) is 4.04. The molecule has 2 aromatic carbocycles. The van der Waals surface area contributed by atoms with Crippen LogP contribution in [0.5, 0.6) is 0 Å². The van der Waals surface area contributed by atoms with Gasteiger partial charge in [-0.1, -0.05) is 36.4 Å². The second-order valence-corrected chi connectivity index (χ2v) is 10.9. The van der Waals surface area contributed by atoms with Crippen molar-refractivity contribution in [3.63, 3.8) is 0 Å². The molecule has 1 aromatic heterocycles. The molecule has 178 valence electrons. The number of amides is 1. The lowest BCUT2D eigenvalue weighted by Crippen LogP contribution is -2.44. The van der Waals surface area contributed by atoms with E-state index < -0.39 is 11.5 Å². The minimum Gasteiger partial charge on any atom is -0.396 e. The van der Waals surface area contributed by atoms with E-state index in [1.807, 2.05) is 61.7 Å². The summed E-state index contributed by atoms with van der Waals surface area (Å²) in [6.45, 7) is 2.96. The second-order valence-electron chi connectivity index (χ2n) is 8.40. The molecule has 0 radical (unpaired) electrons. The van der Waals surface area contributed by atoms with Gasteiger partial charge in [0.2, 0.25) is 0 Å². The molecule has 1 aliphatic rings. The Kier molecular flexibility index (Phi) is 8.05. The van der Waals surface area contributed by atoms with E-state index in [0.29, 0.717) is 31.5 Å². The number of aliphatic hydroxyl groups excluding tert-OH is 1.